The van der Waals surface area contributed by atoms with Crippen molar-refractivity contribution in [2.75, 3.05) is 40.9 Å². The van der Waals surface area contributed by atoms with Crippen LogP contribution in [0, 0.1) is 0 Å². The highest BCUT2D eigenvalue weighted by atomic mass is 31.2. The van der Waals surface area contributed by atoms with E-state index in [9.17, 15) is 19.4 Å². The van der Waals surface area contributed by atoms with Crippen LogP contribution >= 0.6 is 7.82 Å². The Hall–Kier alpha value is -2.32. The summed E-state index contributed by atoms with van der Waals surface area (Å²) in [6.45, 7) is 4.66. The first-order chi connectivity index (χ1) is 32.5. The molecule has 0 aliphatic heterocycles. The Kier molecular flexibility index (Phi) is 47.0. The molecular formula is C58H106N2O6P+. The van der Waals surface area contributed by atoms with Crippen molar-refractivity contribution >= 4 is 13.7 Å². The monoisotopic (exact) mass is 958 g/mol. The molecule has 0 heterocycles. The molecule has 0 radical (unpaired) electrons. The van der Waals surface area contributed by atoms with Crippen LogP contribution in [0.3, 0.4) is 0 Å². The summed E-state index contributed by atoms with van der Waals surface area (Å²) >= 11 is 0. The minimum absolute atomic E-state index is 0.0540. The number of nitrogens with zero attached hydrogens (tertiary/aromatic N) is 1. The van der Waals surface area contributed by atoms with E-state index in [1.165, 1.54) is 135 Å². The molecule has 3 N–H and O–H groups in total. The lowest BCUT2D eigenvalue weighted by atomic mass is 10.0. The quantitative estimate of drug-likeness (QED) is 0.0243. The second-order valence-corrected chi connectivity index (χ2v) is 21.0. The van der Waals surface area contributed by atoms with Crippen LogP contribution in [-0.4, -0.2) is 73.4 Å². The summed E-state index contributed by atoms with van der Waals surface area (Å²) < 4.78 is 23.6. The molecule has 0 rings (SSSR count). The van der Waals surface area contributed by atoms with Gasteiger partial charge in [-0.05, 0) is 77.0 Å². The number of carbonyl (C=O) groups excluding carboxylic acids is 1. The molecule has 67 heavy (non-hydrogen) atoms. The van der Waals surface area contributed by atoms with Crippen LogP contribution < -0.4 is 5.32 Å². The number of phosphoric acid groups is 1. The van der Waals surface area contributed by atoms with Crippen LogP contribution in [-0.2, 0) is 18.4 Å². The molecule has 0 bridgehead atoms. The SMILES string of the molecule is CC/C=C\C/C=C\C/C=C\C/C=C\C/C=C\CCCCCCCCCCCCCCCCCCCC(=O)NC(COP(=O)(O)OCC[N+](C)(C)C)C(O)/C=C/CC/C=C/CCCCCCCC. The molecular weight excluding hydrogens is 852 g/mol. The lowest BCUT2D eigenvalue weighted by Crippen LogP contribution is -2.45. The Labute approximate surface area is 414 Å². The topological polar surface area (TPSA) is 105 Å². The van der Waals surface area contributed by atoms with Crippen LogP contribution in [0.2, 0.25) is 0 Å². The van der Waals surface area contributed by atoms with E-state index in [1.54, 1.807) is 6.08 Å². The molecule has 3 unspecified atom stereocenters. The summed E-state index contributed by atoms with van der Waals surface area (Å²) in [7, 11) is 1.55. The van der Waals surface area contributed by atoms with E-state index in [-0.39, 0.29) is 19.1 Å². The van der Waals surface area contributed by atoms with E-state index in [0.29, 0.717) is 17.4 Å². The molecule has 0 fully saturated rings. The number of carbonyl (C=O) groups is 1. The van der Waals surface area contributed by atoms with Gasteiger partial charge in [-0.15, -0.1) is 0 Å². The van der Waals surface area contributed by atoms with Crippen molar-refractivity contribution in [1.82, 2.24) is 5.32 Å². The van der Waals surface area contributed by atoms with Gasteiger partial charge in [0.05, 0.1) is 39.9 Å². The van der Waals surface area contributed by atoms with Crippen molar-refractivity contribution in [3.05, 3.63) is 85.1 Å². The van der Waals surface area contributed by atoms with E-state index in [0.717, 1.165) is 70.6 Å². The van der Waals surface area contributed by atoms with Crippen LogP contribution in [0.1, 0.15) is 226 Å². The zero-order chi connectivity index (χ0) is 49.2. The van der Waals surface area contributed by atoms with Crippen LogP contribution in [0.15, 0.2) is 85.1 Å². The maximum Gasteiger partial charge on any atom is 0.472 e. The van der Waals surface area contributed by atoms with Crippen molar-refractivity contribution in [2.24, 2.45) is 0 Å². The molecule has 0 aliphatic carbocycles. The third-order valence-corrected chi connectivity index (χ3v) is 12.8. The van der Waals surface area contributed by atoms with Crippen LogP contribution in [0.4, 0.5) is 0 Å². The average Bonchev–Trinajstić information content (AvgIpc) is 3.29. The third-order valence-electron chi connectivity index (χ3n) is 11.8. The number of rotatable bonds is 49. The molecule has 0 aromatic carbocycles. The Morgan fingerprint density at radius 1 is 0.522 bits per heavy atom. The van der Waals surface area contributed by atoms with Gasteiger partial charge in [-0.3, -0.25) is 13.8 Å². The zero-order valence-corrected chi connectivity index (χ0v) is 45.0. The fourth-order valence-corrected chi connectivity index (χ4v) is 8.29. The largest absolute Gasteiger partial charge is 0.472 e. The summed E-state index contributed by atoms with van der Waals surface area (Å²) in [5.41, 5.74) is 0. The van der Waals surface area contributed by atoms with E-state index in [2.05, 4.69) is 92.1 Å². The first-order valence-electron chi connectivity index (χ1n) is 27.5. The molecule has 8 nitrogen and oxygen atoms in total. The maximum absolute atomic E-state index is 12.9. The van der Waals surface area contributed by atoms with Crippen molar-refractivity contribution in [2.45, 2.75) is 238 Å². The predicted molar refractivity (Wildman–Crippen MR) is 290 cm³/mol. The van der Waals surface area contributed by atoms with Crippen molar-refractivity contribution in [3.8, 4) is 0 Å². The van der Waals surface area contributed by atoms with E-state index < -0.39 is 20.0 Å². The number of allylic oxidation sites excluding steroid dienone is 13. The van der Waals surface area contributed by atoms with Gasteiger partial charge < -0.3 is 19.8 Å². The van der Waals surface area contributed by atoms with Gasteiger partial charge in [0.1, 0.15) is 13.2 Å². The molecule has 0 saturated heterocycles. The summed E-state index contributed by atoms with van der Waals surface area (Å²) in [5.74, 6) is -0.189. The van der Waals surface area contributed by atoms with Gasteiger partial charge in [-0.1, -0.05) is 227 Å². The molecule has 0 aromatic rings. The molecule has 9 heteroatoms. The highest BCUT2D eigenvalue weighted by Gasteiger charge is 2.27. The normalized spacial score (nSPS) is 14.7. The maximum atomic E-state index is 12.9. The van der Waals surface area contributed by atoms with Gasteiger partial charge in [-0.25, -0.2) is 4.57 Å². The van der Waals surface area contributed by atoms with Gasteiger partial charge in [-0.2, -0.15) is 0 Å². The number of amides is 1. The number of hydrogen-bond donors (Lipinski definition) is 3. The van der Waals surface area contributed by atoms with Crippen molar-refractivity contribution in [1.29, 1.82) is 0 Å². The lowest BCUT2D eigenvalue weighted by Gasteiger charge is -2.25. The number of unbranched alkanes of at least 4 members (excludes halogenated alkanes) is 24. The average molecular weight is 958 g/mol. The number of likely N-dealkylation sites (N-methyl/N-ethyl adjacent to an activating group) is 1. The number of aliphatic hydroxyl groups excluding tert-OH is 1. The first kappa shape index (κ1) is 64.7. The van der Waals surface area contributed by atoms with Gasteiger partial charge in [0, 0.05) is 6.42 Å². The lowest BCUT2D eigenvalue weighted by molar-refractivity contribution is -0.870. The van der Waals surface area contributed by atoms with Crippen LogP contribution in [0.25, 0.3) is 0 Å². The predicted octanol–water partition coefficient (Wildman–Crippen LogP) is 16.5. The zero-order valence-electron chi connectivity index (χ0n) is 44.1. The number of aliphatic hydroxyl groups is 1. The first-order valence-corrected chi connectivity index (χ1v) is 29.0. The summed E-state index contributed by atoms with van der Waals surface area (Å²) in [6, 6.07) is -0.865. The van der Waals surface area contributed by atoms with Gasteiger partial charge in [0.25, 0.3) is 0 Å². The van der Waals surface area contributed by atoms with E-state index >= 15 is 0 Å². The van der Waals surface area contributed by atoms with Gasteiger partial charge in [0.15, 0.2) is 0 Å². The second kappa shape index (κ2) is 48.7. The van der Waals surface area contributed by atoms with Crippen molar-refractivity contribution in [3.63, 3.8) is 0 Å². The number of hydrogen-bond acceptors (Lipinski definition) is 5. The van der Waals surface area contributed by atoms with Gasteiger partial charge >= 0.3 is 7.82 Å². The molecule has 0 spiro atoms. The van der Waals surface area contributed by atoms with Crippen molar-refractivity contribution < 1.29 is 32.9 Å². The van der Waals surface area contributed by atoms with Gasteiger partial charge in [0.2, 0.25) is 5.91 Å². The Morgan fingerprint density at radius 2 is 0.910 bits per heavy atom. The van der Waals surface area contributed by atoms with E-state index in [1.807, 2.05) is 27.2 Å². The molecule has 0 saturated carbocycles. The third kappa shape index (κ3) is 51.4. The molecule has 3 atom stereocenters. The highest BCUT2D eigenvalue weighted by molar-refractivity contribution is 7.47. The Morgan fingerprint density at radius 3 is 1.37 bits per heavy atom. The number of phosphoric ester groups is 1. The second-order valence-electron chi connectivity index (χ2n) is 19.6. The molecule has 1 amide bonds. The molecule has 0 aliphatic rings. The summed E-state index contributed by atoms with van der Waals surface area (Å²) in [4.78, 5) is 23.2. The fourth-order valence-electron chi connectivity index (χ4n) is 7.55. The summed E-state index contributed by atoms with van der Waals surface area (Å²) in [5, 5.41) is 13.8. The smallest absolute Gasteiger partial charge is 0.387 e. The standard InChI is InChI=1S/C58H105N2O6P/c1-6-8-10-12-14-16-18-20-21-22-23-24-25-26-27-28-29-30-31-32-33-34-35-36-37-38-39-40-42-44-46-48-50-52-58(62)59-56(55-66-67(63,64)65-54-53-60(3,4)5)57(61)51-49-47-45-43-41-19-17-15-13-11-9-7-2/h8,10,14,16,20-21,23-24,26-27,41,43,49,51,56-57,61H,6-7,9,11-13,15,17-19,22,25,28-40,42,44-48,50,52-55H2,1-5H3,(H-,59,62,63,64)/p+1/b10-8-,16-14-,21-20-,24-23-,27-26-,43-41+,51-49+. The number of quaternary nitrogens is 1. The minimum Gasteiger partial charge on any atom is -0.387 e. The Balaban J connectivity index is 4.06. The Bertz CT molecular complexity index is 1360. The highest BCUT2D eigenvalue weighted by Crippen LogP contribution is 2.43. The van der Waals surface area contributed by atoms with E-state index in [4.69, 9.17) is 9.05 Å². The molecule has 0 aromatic heterocycles. The number of nitrogens with one attached hydrogen (secondary N) is 1. The fraction of sp³-hybridized carbons (Fsp3) is 0.741. The minimum atomic E-state index is -4.35. The molecule has 388 valence electrons. The summed E-state index contributed by atoms with van der Waals surface area (Å²) in [6.07, 6.45) is 68.4. The van der Waals surface area contributed by atoms with Crippen LogP contribution in [0.5, 0.6) is 0 Å².